The smallest absolute Gasteiger partial charge is 0.252 e. The van der Waals surface area contributed by atoms with E-state index in [0.29, 0.717) is 17.1 Å². The molecular weight excluding hydrogens is 376 g/mol. The molecule has 2 aromatic rings. The van der Waals surface area contributed by atoms with E-state index in [1.165, 1.54) is 5.56 Å². The van der Waals surface area contributed by atoms with E-state index in [1.54, 1.807) is 12.1 Å². The van der Waals surface area contributed by atoms with Crippen LogP contribution in [0, 0.1) is 6.92 Å². The molecule has 0 saturated carbocycles. The van der Waals surface area contributed by atoms with Crippen molar-refractivity contribution in [1.29, 1.82) is 0 Å². The number of benzene rings is 2. The number of halogens is 2. The third kappa shape index (κ3) is 4.98. The molecule has 5 heteroatoms. The largest absolute Gasteiger partial charge is 0.370 e. The van der Waals surface area contributed by atoms with E-state index in [0.717, 1.165) is 23.2 Å². The maximum atomic E-state index is 12.2. The standard InChI is InChI=1S/C18H20BrClN2O/c1-3-22(15-7-4-13(2)5-8-15)11-10-21-18(23)16-12-14(19)6-9-17(16)20/h4-9,12H,3,10-11H2,1-2H3,(H,21,23). The second-order valence-corrected chi connectivity index (χ2v) is 6.62. The highest BCUT2D eigenvalue weighted by Crippen LogP contribution is 2.21. The van der Waals surface area contributed by atoms with Gasteiger partial charge in [0, 0.05) is 29.8 Å². The molecular formula is C18H20BrClN2O. The number of rotatable bonds is 6. The number of nitrogens with one attached hydrogen (secondary N) is 1. The first-order chi connectivity index (χ1) is 11.0. The fourth-order valence-corrected chi connectivity index (χ4v) is 2.86. The topological polar surface area (TPSA) is 32.3 Å². The highest BCUT2D eigenvalue weighted by molar-refractivity contribution is 9.10. The molecule has 0 aliphatic heterocycles. The van der Waals surface area contributed by atoms with Crippen molar-refractivity contribution in [3.63, 3.8) is 0 Å². The summed E-state index contributed by atoms with van der Waals surface area (Å²) in [6.45, 7) is 6.37. The van der Waals surface area contributed by atoms with Crippen LogP contribution in [0.3, 0.4) is 0 Å². The van der Waals surface area contributed by atoms with Crippen LogP contribution in [0.15, 0.2) is 46.9 Å². The molecule has 0 fully saturated rings. The van der Waals surface area contributed by atoms with Crippen LogP contribution in [0.5, 0.6) is 0 Å². The molecule has 0 aliphatic carbocycles. The van der Waals surface area contributed by atoms with Gasteiger partial charge in [-0.3, -0.25) is 4.79 Å². The lowest BCUT2D eigenvalue weighted by atomic mass is 10.2. The molecule has 2 rings (SSSR count). The van der Waals surface area contributed by atoms with Crippen molar-refractivity contribution in [2.75, 3.05) is 24.5 Å². The van der Waals surface area contributed by atoms with Crippen molar-refractivity contribution in [3.05, 3.63) is 63.1 Å². The second-order valence-electron chi connectivity index (χ2n) is 5.30. The first kappa shape index (κ1) is 17.8. The summed E-state index contributed by atoms with van der Waals surface area (Å²) in [7, 11) is 0. The van der Waals surface area contributed by atoms with Crippen LogP contribution in [0.25, 0.3) is 0 Å². The zero-order valence-corrected chi connectivity index (χ0v) is 15.6. The summed E-state index contributed by atoms with van der Waals surface area (Å²) in [6.07, 6.45) is 0. The lowest BCUT2D eigenvalue weighted by Crippen LogP contribution is -2.35. The predicted molar refractivity (Wildman–Crippen MR) is 101 cm³/mol. The molecule has 0 saturated heterocycles. The molecule has 0 radical (unpaired) electrons. The zero-order chi connectivity index (χ0) is 16.8. The molecule has 0 bridgehead atoms. The average molecular weight is 396 g/mol. The number of carbonyl (C=O) groups excluding carboxylic acids is 1. The summed E-state index contributed by atoms with van der Waals surface area (Å²) in [6, 6.07) is 13.7. The molecule has 1 amide bonds. The molecule has 0 spiro atoms. The van der Waals surface area contributed by atoms with Crippen molar-refractivity contribution >= 4 is 39.1 Å². The highest BCUT2D eigenvalue weighted by Gasteiger charge is 2.11. The summed E-state index contributed by atoms with van der Waals surface area (Å²) in [5, 5.41) is 3.38. The Bertz CT molecular complexity index is 673. The molecule has 1 N–H and O–H groups in total. The molecule has 0 aliphatic rings. The van der Waals surface area contributed by atoms with Crippen LogP contribution < -0.4 is 10.2 Å². The van der Waals surface area contributed by atoms with Gasteiger partial charge >= 0.3 is 0 Å². The number of anilines is 1. The van der Waals surface area contributed by atoms with Crippen LogP contribution in [-0.4, -0.2) is 25.5 Å². The van der Waals surface area contributed by atoms with E-state index in [9.17, 15) is 4.79 Å². The first-order valence-corrected chi connectivity index (χ1v) is 8.73. The number of carbonyl (C=O) groups is 1. The van der Waals surface area contributed by atoms with Crippen LogP contribution in [-0.2, 0) is 0 Å². The van der Waals surface area contributed by atoms with Gasteiger partial charge in [0.05, 0.1) is 10.6 Å². The van der Waals surface area contributed by atoms with Crippen molar-refractivity contribution in [3.8, 4) is 0 Å². The normalized spacial score (nSPS) is 10.4. The number of hydrogen-bond donors (Lipinski definition) is 1. The monoisotopic (exact) mass is 394 g/mol. The fraction of sp³-hybridized carbons (Fsp3) is 0.278. The van der Waals surface area contributed by atoms with Gasteiger partial charge in [-0.1, -0.05) is 45.2 Å². The fourth-order valence-electron chi connectivity index (χ4n) is 2.30. The Balaban J connectivity index is 1.93. The van der Waals surface area contributed by atoms with Crippen molar-refractivity contribution in [1.82, 2.24) is 5.32 Å². The minimum atomic E-state index is -0.156. The van der Waals surface area contributed by atoms with Gasteiger partial charge in [0.15, 0.2) is 0 Å². The van der Waals surface area contributed by atoms with Gasteiger partial charge in [-0.15, -0.1) is 0 Å². The van der Waals surface area contributed by atoms with Gasteiger partial charge < -0.3 is 10.2 Å². The summed E-state index contributed by atoms with van der Waals surface area (Å²) in [5.41, 5.74) is 2.88. The SMILES string of the molecule is CCN(CCNC(=O)c1cc(Br)ccc1Cl)c1ccc(C)cc1. The van der Waals surface area contributed by atoms with Crippen LogP contribution in [0.2, 0.25) is 5.02 Å². The van der Waals surface area contributed by atoms with Crippen LogP contribution in [0.4, 0.5) is 5.69 Å². The molecule has 0 atom stereocenters. The number of amides is 1. The number of hydrogen-bond acceptors (Lipinski definition) is 2. The number of nitrogens with zero attached hydrogens (tertiary/aromatic N) is 1. The van der Waals surface area contributed by atoms with Crippen molar-refractivity contribution in [2.45, 2.75) is 13.8 Å². The van der Waals surface area contributed by atoms with E-state index in [4.69, 9.17) is 11.6 Å². The minimum absolute atomic E-state index is 0.156. The Kier molecular flexibility index (Phi) is 6.48. The maximum Gasteiger partial charge on any atom is 0.252 e. The van der Waals surface area contributed by atoms with E-state index >= 15 is 0 Å². The molecule has 0 unspecified atom stereocenters. The van der Waals surface area contributed by atoms with Gasteiger partial charge in [-0.2, -0.15) is 0 Å². The third-order valence-corrected chi connectivity index (χ3v) is 4.44. The second kappa shape index (κ2) is 8.37. The van der Waals surface area contributed by atoms with Gasteiger partial charge in [0.25, 0.3) is 5.91 Å². The molecule has 0 aromatic heterocycles. The van der Waals surface area contributed by atoms with Gasteiger partial charge in [0.1, 0.15) is 0 Å². The Morgan fingerprint density at radius 1 is 1.22 bits per heavy atom. The predicted octanol–water partition coefficient (Wildman–Crippen LogP) is 4.67. The summed E-state index contributed by atoms with van der Waals surface area (Å²) in [4.78, 5) is 14.5. The number of likely N-dealkylation sites (N-methyl/N-ethyl adjacent to an activating group) is 1. The van der Waals surface area contributed by atoms with Crippen LogP contribution >= 0.6 is 27.5 Å². The molecule has 3 nitrogen and oxygen atoms in total. The Morgan fingerprint density at radius 2 is 1.91 bits per heavy atom. The lowest BCUT2D eigenvalue weighted by molar-refractivity contribution is 0.0954. The van der Waals surface area contributed by atoms with Crippen molar-refractivity contribution in [2.24, 2.45) is 0 Å². The molecule has 122 valence electrons. The molecule has 2 aromatic carbocycles. The summed E-state index contributed by atoms with van der Waals surface area (Å²) in [5.74, 6) is -0.156. The quantitative estimate of drug-likeness (QED) is 0.771. The first-order valence-electron chi connectivity index (χ1n) is 7.56. The Morgan fingerprint density at radius 3 is 2.57 bits per heavy atom. The summed E-state index contributed by atoms with van der Waals surface area (Å²) < 4.78 is 0.835. The van der Waals surface area contributed by atoms with Gasteiger partial charge in [0.2, 0.25) is 0 Å². The van der Waals surface area contributed by atoms with E-state index in [2.05, 4.69) is 64.3 Å². The van der Waals surface area contributed by atoms with Crippen LogP contribution in [0.1, 0.15) is 22.8 Å². The van der Waals surface area contributed by atoms with Crippen molar-refractivity contribution < 1.29 is 4.79 Å². The highest BCUT2D eigenvalue weighted by atomic mass is 79.9. The Labute approximate surface area is 150 Å². The third-order valence-electron chi connectivity index (χ3n) is 3.62. The minimum Gasteiger partial charge on any atom is -0.370 e. The maximum absolute atomic E-state index is 12.2. The summed E-state index contributed by atoms with van der Waals surface area (Å²) >= 11 is 9.44. The van der Waals surface area contributed by atoms with E-state index < -0.39 is 0 Å². The van der Waals surface area contributed by atoms with E-state index in [-0.39, 0.29) is 5.91 Å². The van der Waals surface area contributed by atoms with Gasteiger partial charge in [-0.05, 0) is 44.2 Å². The number of aryl methyl sites for hydroxylation is 1. The molecule has 0 heterocycles. The average Bonchev–Trinajstić information content (AvgIpc) is 2.55. The lowest BCUT2D eigenvalue weighted by Gasteiger charge is -2.23. The molecule has 23 heavy (non-hydrogen) atoms. The zero-order valence-electron chi connectivity index (χ0n) is 13.3. The van der Waals surface area contributed by atoms with Gasteiger partial charge in [-0.25, -0.2) is 0 Å². The van der Waals surface area contributed by atoms with E-state index in [1.807, 2.05) is 6.07 Å². The Hall–Kier alpha value is -1.52.